The molecule has 4 rings (SSSR count). The Hall–Kier alpha value is -3.51. The van der Waals surface area contributed by atoms with Gasteiger partial charge in [0.25, 0.3) is 5.56 Å². The second kappa shape index (κ2) is 9.75. The quantitative estimate of drug-likeness (QED) is 0.402. The number of benzene rings is 2. The third-order valence-electron chi connectivity index (χ3n) is 5.52. The largest absolute Gasteiger partial charge is 0.340 e. The predicted octanol–water partition coefficient (Wildman–Crippen LogP) is 5.19. The number of para-hydroxylation sites is 1. The number of nitrogens with one attached hydrogen (secondary N) is 2. The van der Waals surface area contributed by atoms with E-state index in [4.69, 9.17) is 12.2 Å². The van der Waals surface area contributed by atoms with Crippen LogP contribution in [0.2, 0.25) is 0 Å². The molecule has 0 atom stereocenters. The number of pyridine rings is 2. The maximum absolute atomic E-state index is 12.9. The van der Waals surface area contributed by atoms with Gasteiger partial charge in [-0.3, -0.25) is 9.78 Å². The summed E-state index contributed by atoms with van der Waals surface area (Å²) in [5.74, 6) is 0. The minimum atomic E-state index is -0.0990. The molecule has 2 aromatic carbocycles. The summed E-state index contributed by atoms with van der Waals surface area (Å²) in [4.78, 5) is 22.1. The summed E-state index contributed by atoms with van der Waals surface area (Å²) in [6.07, 6.45) is 4.55. The molecule has 0 fully saturated rings. The topological polar surface area (TPSA) is 61.0 Å². The van der Waals surface area contributed by atoms with Crippen LogP contribution in [0.15, 0.2) is 77.9 Å². The fourth-order valence-electron chi connectivity index (χ4n) is 3.69. The lowest BCUT2D eigenvalue weighted by atomic mass is 10.1. The van der Waals surface area contributed by atoms with Crippen LogP contribution in [0, 0.1) is 6.92 Å². The Morgan fingerprint density at radius 1 is 1.06 bits per heavy atom. The molecular formula is C26H26N4OS. The van der Waals surface area contributed by atoms with Crippen molar-refractivity contribution in [2.24, 2.45) is 0 Å². The number of hydrogen-bond acceptors (Lipinski definition) is 3. The maximum atomic E-state index is 12.9. The van der Waals surface area contributed by atoms with Crippen molar-refractivity contribution in [3.05, 3.63) is 106 Å². The van der Waals surface area contributed by atoms with E-state index in [1.807, 2.05) is 66.6 Å². The summed E-state index contributed by atoms with van der Waals surface area (Å²) in [6.45, 7) is 5.05. The van der Waals surface area contributed by atoms with Crippen LogP contribution >= 0.6 is 12.2 Å². The van der Waals surface area contributed by atoms with E-state index >= 15 is 0 Å². The van der Waals surface area contributed by atoms with Gasteiger partial charge in [0.1, 0.15) is 0 Å². The third kappa shape index (κ3) is 5.03. The Morgan fingerprint density at radius 3 is 2.59 bits per heavy atom. The van der Waals surface area contributed by atoms with E-state index in [-0.39, 0.29) is 5.56 Å². The van der Waals surface area contributed by atoms with Crippen molar-refractivity contribution in [1.82, 2.24) is 14.9 Å². The standard InChI is InChI=1S/C26H26N4OS/c1-3-19-9-11-23(12-10-19)28-26(32)30(16-20-7-5-13-27-15-20)17-22-14-21-8-4-6-18(2)24(21)29-25(22)31/h4-15H,3,16-17H2,1-2H3,(H,28,32)(H,29,31). The Morgan fingerprint density at radius 2 is 1.88 bits per heavy atom. The molecule has 2 aromatic heterocycles. The molecule has 0 unspecified atom stereocenters. The van der Waals surface area contributed by atoms with E-state index in [1.54, 1.807) is 6.20 Å². The number of H-pyrrole nitrogens is 1. The maximum Gasteiger partial charge on any atom is 0.253 e. The number of anilines is 1. The Labute approximate surface area is 193 Å². The lowest BCUT2D eigenvalue weighted by Crippen LogP contribution is -2.35. The van der Waals surface area contributed by atoms with Crippen LogP contribution < -0.4 is 10.9 Å². The average Bonchev–Trinajstić information content (AvgIpc) is 2.81. The van der Waals surface area contributed by atoms with Gasteiger partial charge in [-0.25, -0.2) is 0 Å². The zero-order valence-electron chi connectivity index (χ0n) is 18.3. The first-order valence-corrected chi connectivity index (χ1v) is 11.1. The Kier molecular flexibility index (Phi) is 6.61. The highest BCUT2D eigenvalue weighted by Gasteiger charge is 2.15. The molecule has 0 spiro atoms. The summed E-state index contributed by atoms with van der Waals surface area (Å²) >= 11 is 5.76. The minimum Gasteiger partial charge on any atom is -0.340 e. The van der Waals surface area contributed by atoms with Crippen molar-refractivity contribution in [3.63, 3.8) is 0 Å². The second-order valence-electron chi connectivity index (χ2n) is 7.86. The summed E-state index contributed by atoms with van der Waals surface area (Å²) < 4.78 is 0. The monoisotopic (exact) mass is 442 g/mol. The molecule has 0 saturated heterocycles. The lowest BCUT2D eigenvalue weighted by molar-refractivity contribution is 0.410. The molecule has 2 heterocycles. The Bertz CT molecular complexity index is 1280. The minimum absolute atomic E-state index is 0.0990. The smallest absolute Gasteiger partial charge is 0.253 e. The van der Waals surface area contributed by atoms with Gasteiger partial charge in [-0.15, -0.1) is 0 Å². The summed E-state index contributed by atoms with van der Waals surface area (Å²) in [7, 11) is 0. The van der Waals surface area contributed by atoms with Crippen LogP contribution in [0.3, 0.4) is 0 Å². The van der Waals surface area contributed by atoms with Crippen LogP contribution in [-0.2, 0) is 19.5 Å². The number of fused-ring (bicyclic) bond motifs is 1. The van der Waals surface area contributed by atoms with Crippen LogP contribution in [0.5, 0.6) is 0 Å². The van der Waals surface area contributed by atoms with Gasteiger partial charge in [-0.2, -0.15) is 0 Å². The highest BCUT2D eigenvalue weighted by atomic mass is 32.1. The zero-order chi connectivity index (χ0) is 22.5. The summed E-state index contributed by atoms with van der Waals surface area (Å²) in [6, 6.07) is 20.1. The van der Waals surface area contributed by atoms with Gasteiger partial charge in [-0.05, 0) is 71.9 Å². The first-order valence-electron chi connectivity index (χ1n) is 10.7. The number of aromatic nitrogens is 2. The third-order valence-corrected chi connectivity index (χ3v) is 5.88. The van der Waals surface area contributed by atoms with E-state index in [0.717, 1.165) is 34.1 Å². The predicted molar refractivity (Wildman–Crippen MR) is 135 cm³/mol. The van der Waals surface area contributed by atoms with Crippen LogP contribution in [-0.4, -0.2) is 20.0 Å². The molecule has 6 heteroatoms. The van der Waals surface area contributed by atoms with Crippen LogP contribution in [0.1, 0.15) is 29.2 Å². The number of aryl methyl sites for hydroxylation is 2. The average molecular weight is 443 g/mol. The van der Waals surface area contributed by atoms with Crippen molar-refractivity contribution in [1.29, 1.82) is 0 Å². The van der Waals surface area contributed by atoms with Crippen molar-refractivity contribution in [2.45, 2.75) is 33.4 Å². The molecule has 32 heavy (non-hydrogen) atoms. The van der Waals surface area contributed by atoms with Gasteiger partial charge < -0.3 is 15.2 Å². The molecule has 0 aliphatic rings. The highest BCUT2D eigenvalue weighted by Crippen LogP contribution is 2.18. The van der Waals surface area contributed by atoms with Gasteiger partial charge in [0.05, 0.1) is 12.1 Å². The van der Waals surface area contributed by atoms with Crippen molar-refractivity contribution < 1.29 is 0 Å². The van der Waals surface area contributed by atoms with Crippen molar-refractivity contribution >= 4 is 33.9 Å². The molecule has 5 nitrogen and oxygen atoms in total. The fourth-order valence-corrected chi connectivity index (χ4v) is 3.94. The van der Waals surface area contributed by atoms with Crippen LogP contribution in [0.25, 0.3) is 10.9 Å². The molecule has 0 saturated carbocycles. The molecule has 0 bridgehead atoms. The van der Waals surface area contributed by atoms with Gasteiger partial charge in [-0.1, -0.05) is 43.3 Å². The normalized spacial score (nSPS) is 10.8. The van der Waals surface area contributed by atoms with Gasteiger partial charge in [0.15, 0.2) is 5.11 Å². The van der Waals surface area contributed by atoms with Gasteiger partial charge in [0.2, 0.25) is 0 Å². The van der Waals surface area contributed by atoms with E-state index in [0.29, 0.717) is 23.8 Å². The van der Waals surface area contributed by atoms with Gasteiger partial charge >= 0.3 is 0 Å². The molecular weight excluding hydrogens is 416 g/mol. The van der Waals surface area contributed by atoms with E-state index in [9.17, 15) is 4.79 Å². The van der Waals surface area contributed by atoms with Gasteiger partial charge in [0, 0.05) is 30.2 Å². The van der Waals surface area contributed by atoms with Crippen molar-refractivity contribution in [3.8, 4) is 0 Å². The lowest BCUT2D eigenvalue weighted by Gasteiger charge is -2.26. The zero-order valence-corrected chi connectivity index (χ0v) is 19.1. The molecule has 4 aromatic rings. The Balaban J connectivity index is 1.63. The van der Waals surface area contributed by atoms with Crippen molar-refractivity contribution in [2.75, 3.05) is 5.32 Å². The molecule has 0 radical (unpaired) electrons. The van der Waals surface area contributed by atoms with E-state index < -0.39 is 0 Å². The SMILES string of the molecule is CCc1ccc(NC(=S)N(Cc2cccnc2)Cc2cc3cccc(C)c3[nH]c2=O)cc1. The number of nitrogens with zero attached hydrogens (tertiary/aromatic N) is 2. The summed E-state index contributed by atoms with van der Waals surface area (Å²) in [5.41, 5.74) is 5.70. The fraction of sp³-hybridized carbons (Fsp3) is 0.192. The first-order chi connectivity index (χ1) is 15.5. The summed E-state index contributed by atoms with van der Waals surface area (Å²) in [5, 5.41) is 4.89. The number of thiocarbonyl (C=S) groups is 1. The molecule has 2 N–H and O–H groups in total. The number of aromatic amines is 1. The van der Waals surface area contributed by atoms with Crippen LogP contribution in [0.4, 0.5) is 5.69 Å². The number of hydrogen-bond donors (Lipinski definition) is 2. The second-order valence-corrected chi connectivity index (χ2v) is 8.25. The highest BCUT2D eigenvalue weighted by molar-refractivity contribution is 7.80. The molecule has 0 amide bonds. The molecule has 0 aliphatic heterocycles. The van der Waals surface area contributed by atoms with E-state index in [1.165, 1.54) is 5.56 Å². The number of rotatable bonds is 6. The molecule has 0 aliphatic carbocycles. The van der Waals surface area contributed by atoms with E-state index in [2.05, 4.69) is 34.3 Å². The first kappa shape index (κ1) is 21.7. The molecule has 162 valence electrons.